The summed E-state index contributed by atoms with van der Waals surface area (Å²) in [5.74, 6) is -4.83. The molecule has 13 heteroatoms. The number of ether oxygens (including phenoxy) is 1. The topological polar surface area (TPSA) is 143 Å². The van der Waals surface area contributed by atoms with Crippen LogP contribution in [0.25, 0.3) is 0 Å². The minimum Gasteiger partial charge on any atom is -0.445 e. The lowest BCUT2D eigenvalue weighted by Gasteiger charge is -2.26. The summed E-state index contributed by atoms with van der Waals surface area (Å²) in [6.45, 7) is 3.18. The Hall–Kier alpha value is -3.64. The van der Waals surface area contributed by atoms with Crippen LogP contribution in [0.2, 0.25) is 0 Å². The van der Waals surface area contributed by atoms with Gasteiger partial charge in [-0.15, -0.1) is 0 Å². The van der Waals surface area contributed by atoms with Crippen LogP contribution in [0.1, 0.15) is 38.7 Å². The molecule has 36 heavy (non-hydrogen) atoms. The second-order valence-corrected chi connectivity index (χ2v) is 8.63. The molecule has 4 N–H and O–H groups in total. The molecular formula is C23H29F3N4O6. The smallest absolute Gasteiger partial charge is 0.408 e. The van der Waals surface area contributed by atoms with Gasteiger partial charge in [0, 0.05) is 6.54 Å². The Morgan fingerprint density at radius 3 is 2.36 bits per heavy atom. The third kappa shape index (κ3) is 9.19. The largest absolute Gasteiger partial charge is 0.445 e. The van der Waals surface area contributed by atoms with Crippen molar-refractivity contribution in [3.05, 3.63) is 35.9 Å². The second-order valence-electron chi connectivity index (χ2n) is 8.63. The first-order valence-electron chi connectivity index (χ1n) is 11.3. The molecule has 0 aliphatic carbocycles. The first-order valence-corrected chi connectivity index (χ1v) is 11.3. The van der Waals surface area contributed by atoms with Gasteiger partial charge in [-0.25, -0.2) is 4.79 Å². The first kappa shape index (κ1) is 28.6. The molecular weight excluding hydrogens is 485 g/mol. The van der Waals surface area contributed by atoms with Crippen molar-refractivity contribution in [3.8, 4) is 0 Å². The summed E-state index contributed by atoms with van der Waals surface area (Å²) >= 11 is 0. The zero-order valence-electron chi connectivity index (χ0n) is 19.8. The highest BCUT2D eigenvalue weighted by atomic mass is 19.4. The number of alkyl carbamates (subject to hydrolysis) is 1. The molecule has 198 valence electrons. The predicted molar refractivity (Wildman–Crippen MR) is 120 cm³/mol. The Bertz CT molecular complexity index is 955. The molecule has 1 saturated heterocycles. The van der Waals surface area contributed by atoms with Gasteiger partial charge in [-0.2, -0.15) is 13.2 Å². The van der Waals surface area contributed by atoms with Gasteiger partial charge in [-0.3, -0.25) is 19.2 Å². The number of alkyl halides is 3. The normalized spacial score (nSPS) is 17.9. The van der Waals surface area contributed by atoms with E-state index in [9.17, 15) is 37.1 Å². The molecule has 1 aromatic carbocycles. The van der Waals surface area contributed by atoms with E-state index in [1.165, 1.54) is 0 Å². The SMILES string of the molecule is CC(C)C(NC(=O)OCc1ccccc1)C(=O)NC(CC(F)(F)F)C(=O)NC1CCCNC(=O)C1=O. The quantitative estimate of drug-likeness (QED) is 0.367. The maximum Gasteiger partial charge on any atom is 0.408 e. The van der Waals surface area contributed by atoms with Crippen LogP contribution < -0.4 is 21.3 Å². The van der Waals surface area contributed by atoms with Crippen molar-refractivity contribution in [3.63, 3.8) is 0 Å². The lowest BCUT2D eigenvalue weighted by Crippen LogP contribution is -2.58. The summed E-state index contributed by atoms with van der Waals surface area (Å²) in [6.07, 6.45) is -7.17. The van der Waals surface area contributed by atoms with Crippen LogP contribution in [0.4, 0.5) is 18.0 Å². The van der Waals surface area contributed by atoms with E-state index in [4.69, 9.17) is 4.74 Å². The molecule has 1 aliphatic heterocycles. The molecule has 4 amide bonds. The van der Waals surface area contributed by atoms with Crippen molar-refractivity contribution in [2.45, 2.75) is 64.0 Å². The summed E-state index contributed by atoms with van der Waals surface area (Å²) in [6, 6.07) is 3.94. The summed E-state index contributed by atoms with van der Waals surface area (Å²) in [5, 5.41) is 8.78. The number of carbonyl (C=O) groups excluding carboxylic acids is 5. The number of rotatable bonds is 9. The lowest BCUT2D eigenvalue weighted by atomic mass is 10.0. The number of Topliss-reactive ketones (excluding diaryl/α,β-unsaturated/α-hetero) is 1. The summed E-state index contributed by atoms with van der Waals surface area (Å²) in [4.78, 5) is 61.4. The van der Waals surface area contributed by atoms with Crippen LogP contribution in [0.15, 0.2) is 30.3 Å². The molecule has 0 bridgehead atoms. The maximum absolute atomic E-state index is 13.2. The highest BCUT2D eigenvalue weighted by Gasteiger charge is 2.39. The van der Waals surface area contributed by atoms with Crippen LogP contribution in [0.3, 0.4) is 0 Å². The van der Waals surface area contributed by atoms with Gasteiger partial charge >= 0.3 is 12.3 Å². The minimum atomic E-state index is -4.84. The van der Waals surface area contributed by atoms with Gasteiger partial charge in [0.25, 0.3) is 5.91 Å². The summed E-state index contributed by atoms with van der Waals surface area (Å²) < 4.78 is 44.6. The third-order valence-corrected chi connectivity index (χ3v) is 5.32. The Morgan fingerprint density at radius 1 is 1.08 bits per heavy atom. The molecule has 3 atom stereocenters. The fourth-order valence-corrected chi connectivity index (χ4v) is 3.42. The summed E-state index contributed by atoms with van der Waals surface area (Å²) in [7, 11) is 0. The molecule has 0 spiro atoms. The predicted octanol–water partition coefficient (Wildman–Crippen LogP) is 1.34. The average molecular weight is 515 g/mol. The fraction of sp³-hybridized carbons (Fsp3) is 0.522. The highest BCUT2D eigenvalue weighted by molar-refractivity contribution is 6.38. The minimum absolute atomic E-state index is 0.0411. The molecule has 0 radical (unpaired) electrons. The van der Waals surface area contributed by atoms with Gasteiger partial charge in [-0.05, 0) is 24.3 Å². The third-order valence-electron chi connectivity index (χ3n) is 5.32. The van der Waals surface area contributed by atoms with E-state index >= 15 is 0 Å². The van der Waals surface area contributed by atoms with Crippen LogP contribution in [-0.4, -0.2) is 60.4 Å². The van der Waals surface area contributed by atoms with Gasteiger partial charge in [0.05, 0.1) is 12.5 Å². The molecule has 10 nitrogen and oxygen atoms in total. The molecule has 2 rings (SSSR count). The Labute approximate surface area is 205 Å². The van der Waals surface area contributed by atoms with E-state index in [1.54, 1.807) is 44.2 Å². The molecule has 0 aromatic heterocycles. The molecule has 1 aromatic rings. The number of halogens is 3. The standard InChI is InChI=1S/C23H29F3N4O6/c1-13(2)17(30-22(35)36-12-14-7-4-3-5-8-14)20(33)29-16(11-23(24,25)26)19(32)28-15-9-6-10-27-21(34)18(15)31/h3-5,7-8,13,15-17H,6,9-12H2,1-2H3,(H,27,34)(H,28,32)(H,29,33)(H,30,35). The van der Waals surface area contributed by atoms with Crippen LogP contribution in [-0.2, 0) is 30.5 Å². The number of benzene rings is 1. The monoisotopic (exact) mass is 514 g/mol. The van der Waals surface area contributed by atoms with Crippen molar-refractivity contribution in [1.29, 1.82) is 0 Å². The zero-order valence-corrected chi connectivity index (χ0v) is 19.8. The fourth-order valence-electron chi connectivity index (χ4n) is 3.42. The van der Waals surface area contributed by atoms with E-state index in [0.717, 1.165) is 0 Å². The van der Waals surface area contributed by atoms with Gasteiger partial charge < -0.3 is 26.0 Å². The van der Waals surface area contributed by atoms with Gasteiger partial charge in [0.1, 0.15) is 18.7 Å². The molecule has 1 fully saturated rings. The molecule has 3 unspecified atom stereocenters. The Morgan fingerprint density at radius 2 is 1.75 bits per heavy atom. The van der Waals surface area contributed by atoms with E-state index < -0.39 is 66.2 Å². The molecule has 1 aliphatic rings. The number of carbonyl (C=O) groups is 5. The van der Waals surface area contributed by atoms with Crippen molar-refractivity contribution < 1.29 is 41.9 Å². The van der Waals surface area contributed by atoms with Gasteiger partial charge in [0.2, 0.25) is 17.6 Å². The number of ketones is 1. The summed E-state index contributed by atoms with van der Waals surface area (Å²) in [5.41, 5.74) is 0.682. The van der Waals surface area contributed by atoms with Crippen LogP contribution in [0, 0.1) is 5.92 Å². The van der Waals surface area contributed by atoms with Gasteiger partial charge in [0.15, 0.2) is 0 Å². The van der Waals surface area contributed by atoms with E-state index in [1.807, 2.05) is 5.32 Å². The van der Waals surface area contributed by atoms with Crippen LogP contribution in [0.5, 0.6) is 0 Å². The van der Waals surface area contributed by atoms with Crippen LogP contribution >= 0.6 is 0 Å². The highest BCUT2D eigenvalue weighted by Crippen LogP contribution is 2.22. The zero-order chi connectivity index (χ0) is 26.9. The number of amides is 4. The maximum atomic E-state index is 13.2. The number of nitrogens with one attached hydrogen (secondary N) is 4. The molecule has 0 saturated carbocycles. The van der Waals surface area contributed by atoms with Crippen molar-refractivity contribution in [2.24, 2.45) is 5.92 Å². The first-order chi connectivity index (χ1) is 16.9. The van der Waals surface area contributed by atoms with Crippen molar-refractivity contribution in [1.82, 2.24) is 21.3 Å². The van der Waals surface area contributed by atoms with E-state index in [2.05, 4.69) is 16.0 Å². The van der Waals surface area contributed by atoms with E-state index in [0.29, 0.717) is 12.0 Å². The van der Waals surface area contributed by atoms with E-state index in [-0.39, 0.29) is 19.6 Å². The number of hydrogen-bond donors (Lipinski definition) is 4. The van der Waals surface area contributed by atoms with Gasteiger partial charge in [-0.1, -0.05) is 44.2 Å². The lowest BCUT2D eigenvalue weighted by molar-refractivity contribution is -0.152. The number of hydrogen-bond acceptors (Lipinski definition) is 6. The Balaban J connectivity index is 2.07. The molecule has 1 heterocycles. The Kier molecular flexibility index (Phi) is 10.2. The average Bonchev–Trinajstić information content (AvgIpc) is 2.96. The van der Waals surface area contributed by atoms with Crippen molar-refractivity contribution >= 4 is 29.6 Å². The van der Waals surface area contributed by atoms with Crippen molar-refractivity contribution in [2.75, 3.05) is 6.54 Å². The second kappa shape index (κ2) is 12.9.